The van der Waals surface area contributed by atoms with Crippen LogP contribution < -0.4 is 11.3 Å². The summed E-state index contributed by atoms with van der Waals surface area (Å²) >= 11 is 0. The zero-order valence-corrected chi connectivity index (χ0v) is 9.95. The number of nitrogens with one attached hydrogen (secondary N) is 1. The SMILES string of the molecule is CC1(C(NN)c2cncc(F)c2)CCCCO1. The van der Waals surface area contributed by atoms with Crippen molar-refractivity contribution in [3.63, 3.8) is 0 Å². The molecule has 0 amide bonds. The standard InChI is InChI=1S/C12H18FN3O/c1-12(4-2-3-5-17-12)11(16-14)9-6-10(13)8-15-7-9/h6-8,11,16H,2-5,14H2,1H3. The van der Waals surface area contributed by atoms with Crippen LogP contribution in [0.25, 0.3) is 0 Å². The average molecular weight is 239 g/mol. The molecule has 2 unspecified atom stereocenters. The van der Waals surface area contributed by atoms with E-state index in [1.165, 1.54) is 12.3 Å². The predicted molar refractivity (Wildman–Crippen MR) is 62.5 cm³/mol. The highest BCUT2D eigenvalue weighted by Crippen LogP contribution is 2.35. The molecule has 5 heteroatoms. The van der Waals surface area contributed by atoms with Crippen LogP contribution in [-0.4, -0.2) is 17.2 Å². The summed E-state index contributed by atoms with van der Waals surface area (Å²) in [6.45, 7) is 2.72. The van der Waals surface area contributed by atoms with E-state index >= 15 is 0 Å². The molecule has 94 valence electrons. The van der Waals surface area contributed by atoms with Gasteiger partial charge in [0.05, 0.1) is 17.8 Å². The lowest BCUT2D eigenvalue weighted by Gasteiger charge is -2.40. The van der Waals surface area contributed by atoms with Gasteiger partial charge in [-0.3, -0.25) is 16.3 Å². The van der Waals surface area contributed by atoms with Crippen molar-refractivity contribution in [3.8, 4) is 0 Å². The Morgan fingerprint density at radius 3 is 2.94 bits per heavy atom. The number of halogens is 1. The molecule has 0 aliphatic carbocycles. The largest absolute Gasteiger partial charge is 0.373 e. The van der Waals surface area contributed by atoms with E-state index in [1.807, 2.05) is 6.92 Å². The van der Waals surface area contributed by atoms with Gasteiger partial charge in [-0.05, 0) is 37.8 Å². The van der Waals surface area contributed by atoms with Crippen LogP contribution in [0.4, 0.5) is 4.39 Å². The lowest BCUT2D eigenvalue weighted by molar-refractivity contribution is -0.0899. The molecule has 1 aromatic heterocycles. The number of rotatable bonds is 3. The van der Waals surface area contributed by atoms with Gasteiger partial charge in [-0.1, -0.05) is 0 Å². The summed E-state index contributed by atoms with van der Waals surface area (Å²) in [7, 11) is 0. The molecule has 4 nitrogen and oxygen atoms in total. The van der Waals surface area contributed by atoms with Crippen molar-refractivity contribution in [2.75, 3.05) is 6.61 Å². The topological polar surface area (TPSA) is 60.2 Å². The van der Waals surface area contributed by atoms with Crippen molar-refractivity contribution >= 4 is 0 Å². The Hall–Kier alpha value is -1.04. The van der Waals surface area contributed by atoms with Crippen molar-refractivity contribution in [2.24, 2.45) is 5.84 Å². The molecule has 1 fully saturated rings. The van der Waals surface area contributed by atoms with E-state index in [1.54, 1.807) is 6.20 Å². The van der Waals surface area contributed by atoms with Gasteiger partial charge in [0.1, 0.15) is 5.82 Å². The van der Waals surface area contributed by atoms with E-state index < -0.39 is 5.60 Å². The highest BCUT2D eigenvalue weighted by atomic mass is 19.1. The van der Waals surface area contributed by atoms with Crippen LogP contribution in [0.1, 0.15) is 37.8 Å². The molecule has 1 saturated heterocycles. The number of pyridine rings is 1. The number of nitrogens with zero attached hydrogens (tertiary/aromatic N) is 1. The quantitative estimate of drug-likeness (QED) is 0.622. The summed E-state index contributed by atoms with van der Waals surface area (Å²) in [5, 5.41) is 0. The second kappa shape index (κ2) is 5.08. The maximum absolute atomic E-state index is 13.2. The van der Waals surface area contributed by atoms with Crippen molar-refractivity contribution in [3.05, 3.63) is 29.8 Å². The Morgan fingerprint density at radius 2 is 2.35 bits per heavy atom. The van der Waals surface area contributed by atoms with Gasteiger partial charge in [0.15, 0.2) is 0 Å². The summed E-state index contributed by atoms with van der Waals surface area (Å²) < 4.78 is 19.0. The first-order valence-electron chi connectivity index (χ1n) is 5.86. The number of hydrazine groups is 1. The lowest BCUT2D eigenvalue weighted by atomic mass is 9.85. The first-order valence-corrected chi connectivity index (χ1v) is 5.86. The van der Waals surface area contributed by atoms with Gasteiger partial charge in [-0.15, -0.1) is 0 Å². The van der Waals surface area contributed by atoms with Gasteiger partial charge in [0, 0.05) is 12.8 Å². The summed E-state index contributed by atoms with van der Waals surface area (Å²) in [4.78, 5) is 3.85. The van der Waals surface area contributed by atoms with E-state index in [9.17, 15) is 4.39 Å². The fourth-order valence-corrected chi connectivity index (χ4v) is 2.39. The van der Waals surface area contributed by atoms with E-state index in [2.05, 4.69) is 10.4 Å². The third-order valence-electron chi connectivity index (χ3n) is 3.34. The Balaban J connectivity index is 2.26. The minimum absolute atomic E-state index is 0.244. The number of hydrogen-bond acceptors (Lipinski definition) is 4. The van der Waals surface area contributed by atoms with Crippen LogP contribution in [0, 0.1) is 5.82 Å². The number of nitrogens with two attached hydrogens (primary N) is 1. The van der Waals surface area contributed by atoms with Crippen molar-refractivity contribution in [1.29, 1.82) is 0 Å². The maximum Gasteiger partial charge on any atom is 0.141 e. The molecule has 0 saturated carbocycles. The van der Waals surface area contributed by atoms with E-state index in [4.69, 9.17) is 10.6 Å². The van der Waals surface area contributed by atoms with E-state index in [-0.39, 0.29) is 11.9 Å². The molecule has 0 bridgehead atoms. The van der Waals surface area contributed by atoms with E-state index in [0.29, 0.717) is 0 Å². The third kappa shape index (κ3) is 2.62. The summed E-state index contributed by atoms with van der Waals surface area (Å²) in [5.41, 5.74) is 3.04. The van der Waals surface area contributed by atoms with E-state index in [0.717, 1.165) is 31.4 Å². The highest BCUT2D eigenvalue weighted by Gasteiger charge is 2.37. The maximum atomic E-state index is 13.2. The van der Waals surface area contributed by atoms with Crippen LogP contribution in [0.3, 0.4) is 0 Å². The summed E-state index contributed by atoms with van der Waals surface area (Å²) in [6.07, 6.45) is 5.86. The van der Waals surface area contributed by atoms with Gasteiger partial charge in [0.25, 0.3) is 0 Å². The van der Waals surface area contributed by atoms with Crippen LogP contribution in [0.2, 0.25) is 0 Å². The Bertz CT molecular complexity index is 380. The molecule has 17 heavy (non-hydrogen) atoms. The molecular formula is C12H18FN3O. The number of ether oxygens (including phenoxy) is 1. The zero-order chi connectivity index (χ0) is 12.3. The summed E-state index contributed by atoms with van der Waals surface area (Å²) in [6, 6.07) is 1.20. The zero-order valence-electron chi connectivity index (χ0n) is 9.95. The molecule has 2 atom stereocenters. The predicted octanol–water partition coefficient (Wildman–Crippen LogP) is 1.68. The van der Waals surface area contributed by atoms with Gasteiger partial charge >= 0.3 is 0 Å². The van der Waals surface area contributed by atoms with Crippen LogP contribution in [0.5, 0.6) is 0 Å². The molecule has 2 rings (SSSR count). The molecular weight excluding hydrogens is 221 g/mol. The first-order chi connectivity index (χ1) is 8.15. The molecule has 1 aliphatic rings. The minimum Gasteiger partial charge on any atom is -0.373 e. The molecule has 1 aliphatic heterocycles. The second-order valence-corrected chi connectivity index (χ2v) is 4.65. The minimum atomic E-state index is -0.400. The lowest BCUT2D eigenvalue weighted by Crippen LogP contribution is -2.48. The van der Waals surface area contributed by atoms with Crippen LogP contribution in [-0.2, 0) is 4.74 Å². The van der Waals surface area contributed by atoms with Gasteiger partial charge in [-0.2, -0.15) is 0 Å². The fraction of sp³-hybridized carbons (Fsp3) is 0.583. The van der Waals surface area contributed by atoms with Gasteiger partial charge in [-0.25, -0.2) is 4.39 Å². The van der Waals surface area contributed by atoms with Crippen LogP contribution in [0.15, 0.2) is 18.5 Å². The molecule has 0 radical (unpaired) electrons. The highest BCUT2D eigenvalue weighted by molar-refractivity contribution is 5.19. The van der Waals surface area contributed by atoms with Gasteiger partial charge < -0.3 is 4.74 Å². The summed E-state index contributed by atoms with van der Waals surface area (Å²) in [5.74, 6) is 5.23. The first kappa shape index (κ1) is 12.4. The molecule has 3 N–H and O–H groups in total. The van der Waals surface area contributed by atoms with Crippen molar-refractivity contribution < 1.29 is 9.13 Å². The second-order valence-electron chi connectivity index (χ2n) is 4.65. The number of hydrogen-bond donors (Lipinski definition) is 2. The monoisotopic (exact) mass is 239 g/mol. The molecule has 1 aromatic rings. The van der Waals surface area contributed by atoms with Crippen molar-refractivity contribution in [1.82, 2.24) is 10.4 Å². The third-order valence-corrected chi connectivity index (χ3v) is 3.34. The van der Waals surface area contributed by atoms with Gasteiger partial charge in [0.2, 0.25) is 0 Å². The van der Waals surface area contributed by atoms with Crippen LogP contribution >= 0.6 is 0 Å². The fourth-order valence-electron chi connectivity index (χ4n) is 2.39. The number of aromatic nitrogens is 1. The smallest absolute Gasteiger partial charge is 0.141 e. The Labute approximate surface area is 100 Å². The molecule has 0 aromatic carbocycles. The van der Waals surface area contributed by atoms with Crippen molar-refractivity contribution in [2.45, 2.75) is 37.8 Å². The normalized spacial score (nSPS) is 26.8. The molecule has 2 heterocycles. The Morgan fingerprint density at radius 1 is 1.53 bits per heavy atom. The Kier molecular flexibility index (Phi) is 3.71. The molecule has 0 spiro atoms. The average Bonchev–Trinajstić information content (AvgIpc) is 2.30.